The van der Waals surface area contributed by atoms with Crippen LogP contribution in [0.15, 0.2) is 53.2 Å². The highest BCUT2D eigenvalue weighted by molar-refractivity contribution is 5.78. The summed E-state index contributed by atoms with van der Waals surface area (Å²) in [6, 6.07) is 13.3. The van der Waals surface area contributed by atoms with Crippen molar-refractivity contribution >= 4 is 11.7 Å². The Hall–Kier alpha value is -3.42. The number of amides is 1. The molecule has 0 aliphatic carbocycles. The first kappa shape index (κ1) is 18.9. The number of hydrogen-bond donors (Lipinski definition) is 0. The molecule has 3 heterocycles. The van der Waals surface area contributed by atoms with Crippen LogP contribution in [0.1, 0.15) is 12.8 Å². The average molecular weight is 393 g/mol. The van der Waals surface area contributed by atoms with Crippen molar-refractivity contribution in [2.75, 3.05) is 37.7 Å². The first-order chi connectivity index (χ1) is 14.2. The van der Waals surface area contributed by atoms with Gasteiger partial charge in [-0.15, -0.1) is 0 Å². The topological polar surface area (TPSA) is 84.6 Å². The summed E-state index contributed by atoms with van der Waals surface area (Å²) in [5.74, 6) is 2.74. The molecule has 0 unspecified atom stereocenters. The molecule has 0 atom stereocenters. The number of nitrogens with zero attached hydrogens (tertiary/aromatic N) is 5. The van der Waals surface area contributed by atoms with E-state index in [2.05, 4.69) is 20.0 Å². The number of benzene rings is 1. The van der Waals surface area contributed by atoms with E-state index in [1.165, 1.54) is 0 Å². The number of carbonyl (C=O) groups is 1. The minimum atomic E-state index is 0.000597. The van der Waals surface area contributed by atoms with E-state index in [1.54, 1.807) is 6.20 Å². The van der Waals surface area contributed by atoms with Crippen LogP contribution in [0.25, 0.3) is 11.4 Å². The lowest BCUT2D eigenvalue weighted by Crippen LogP contribution is -2.50. The molecule has 1 aliphatic rings. The van der Waals surface area contributed by atoms with Crippen molar-refractivity contribution in [3.05, 3.63) is 54.6 Å². The maximum absolute atomic E-state index is 12.4. The standard InChI is InChI=1S/C21H23N5O3/c1-2-19-23-21(24-29-19)16-8-9-18(22-14-16)25-10-12-26(13-11-25)20(27)15-28-17-6-4-3-5-7-17/h3-9,14H,2,10-13,15H2,1H3. The summed E-state index contributed by atoms with van der Waals surface area (Å²) in [5, 5.41) is 3.97. The molecule has 1 amide bonds. The molecule has 0 N–H and O–H groups in total. The van der Waals surface area contributed by atoms with E-state index in [4.69, 9.17) is 9.26 Å². The second-order valence-electron chi connectivity index (χ2n) is 6.74. The van der Waals surface area contributed by atoms with Gasteiger partial charge in [0.25, 0.3) is 5.91 Å². The van der Waals surface area contributed by atoms with Gasteiger partial charge in [0.1, 0.15) is 11.6 Å². The van der Waals surface area contributed by atoms with E-state index in [1.807, 2.05) is 54.3 Å². The molecule has 0 spiro atoms. The Bertz CT molecular complexity index is 934. The number of piperazine rings is 1. The zero-order valence-electron chi connectivity index (χ0n) is 16.3. The third-order valence-corrected chi connectivity index (χ3v) is 4.84. The molecule has 2 aromatic heterocycles. The van der Waals surface area contributed by atoms with Gasteiger partial charge in [-0.3, -0.25) is 4.79 Å². The fraction of sp³-hybridized carbons (Fsp3) is 0.333. The Kier molecular flexibility index (Phi) is 5.69. The molecule has 0 radical (unpaired) electrons. The predicted octanol–water partition coefficient (Wildman–Crippen LogP) is 2.42. The van der Waals surface area contributed by atoms with E-state index >= 15 is 0 Å². The molecule has 1 aromatic carbocycles. The summed E-state index contributed by atoms with van der Waals surface area (Å²) >= 11 is 0. The summed E-state index contributed by atoms with van der Waals surface area (Å²) < 4.78 is 10.7. The second-order valence-corrected chi connectivity index (χ2v) is 6.74. The number of hydrogen-bond acceptors (Lipinski definition) is 7. The number of ether oxygens (including phenoxy) is 1. The Morgan fingerprint density at radius 3 is 2.55 bits per heavy atom. The maximum atomic E-state index is 12.4. The van der Waals surface area contributed by atoms with Crippen molar-refractivity contribution in [3.8, 4) is 17.1 Å². The Labute approximate surface area is 169 Å². The second kappa shape index (κ2) is 8.72. The lowest BCUT2D eigenvalue weighted by atomic mass is 10.2. The van der Waals surface area contributed by atoms with Gasteiger partial charge in [0, 0.05) is 44.4 Å². The molecule has 1 fully saturated rings. The highest BCUT2D eigenvalue weighted by Crippen LogP contribution is 2.20. The summed E-state index contributed by atoms with van der Waals surface area (Å²) in [7, 11) is 0. The number of aromatic nitrogens is 3. The third-order valence-electron chi connectivity index (χ3n) is 4.84. The summed E-state index contributed by atoms with van der Waals surface area (Å²) in [4.78, 5) is 25.2. The van der Waals surface area contributed by atoms with Gasteiger partial charge in [0.15, 0.2) is 6.61 Å². The van der Waals surface area contributed by atoms with Crippen LogP contribution < -0.4 is 9.64 Å². The molecule has 150 valence electrons. The molecule has 8 nitrogen and oxygen atoms in total. The SMILES string of the molecule is CCc1nc(-c2ccc(N3CCN(C(=O)COc4ccccc4)CC3)nc2)no1. The Balaban J connectivity index is 1.29. The van der Waals surface area contributed by atoms with E-state index in [0.29, 0.717) is 37.0 Å². The van der Waals surface area contributed by atoms with Crippen molar-refractivity contribution in [1.29, 1.82) is 0 Å². The number of rotatable bonds is 6. The monoisotopic (exact) mass is 393 g/mol. The lowest BCUT2D eigenvalue weighted by Gasteiger charge is -2.35. The molecule has 1 aliphatic heterocycles. The third kappa shape index (κ3) is 4.53. The zero-order chi connectivity index (χ0) is 20.1. The number of para-hydroxylation sites is 1. The van der Waals surface area contributed by atoms with Crippen LogP contribution in [-0.2, 0) is 11.2 Å². The molecule has 0 bridgehead atoms. The van der Waals surface area contributed by atoms with Gasteiger partial charge in [-0.25, -0.2) is 4.98 Å². The van der Waals surface area contributed by atoms with Gasteiger partial charge in [0.2, 0.25) is 11.7 Å². The zero-order valence-corrected chi connectivity index (χ0v) is 16.3. The number of aryl methyl sites for hydroxylation is 1. The Morgan fingerprint density at radius 1 is 1.10 bits per heavy atom. The van der Waals surface area contributed by atoms with Crippen LogP contribution in [0.4, 0.5) is 5.82 Å². The van der Waals surface area contributed by atoms with Crippen molar-refractivity contribution in [2.45, 2.75) is 13.3 Å². The average Bonchev–Trinajstić information content (AvgIpc) is 3.28. The normalized spacial score (nSPS) is 14.1. The van der Waals surface area contributed by atoms with Crippen LogP contribution in [-0.4, -0.2) is 58.7 Å². The van der Waals surface area contributed by atoms with Crippen LogP contribution in [0.2, 0.25) is 0 Å². The quantitative estimate of drug-likeness (QED) is 0.636. The van der Waals surface area contributed by atoms with Crippen LogP contribution in [0.5, 0.6) is 5.75 Å². The first-order valence-corrected chi connectivity index (χ1v) is 9.72. The highest BCUT2D eigenvalue weighted by Gasteiger charge is 2.22. The lowest BCUT2D eigenvalue weighted by molar-refractivity contribution is -0.133. The summed E-state index contributed by atoms with van der Waals surface area (Å²) in [6.07, 6.45) is 2.46. The van der Waals surface area contributed by atoms with Gasteiger partial charge in [-0.05, 0) is 24.3 Å². The van der Waals surface area contributed by atoms with E-state index in [0.717, 1.165) is 24.5 Å². The molecule has 1 saturated heterocycles. The fourth-order valence-electron chi connectivity index (χ4n) is 3.16. The van der Waals surface area contributed by atoms with Crippen molar-refractivity contribution in [3.63, 3.8) is 0 Å². The largest absolute Gasteiger partial charge is 0.484 e. The summed E-state index contributed by atoms with van der Waals surface area (Å²) in [5.41, 5.74) is 0.823. The number of carbonyl (C=O) groups excluding carboxylic acids is 1. The number of pyridine rings is 1. The fourth-order valence-corrected chi connectivity index (χ4v) is 3.16. The van der Waals surface area contributed by atoms with Gasteiger partial charge < -0.3 is 19.1 Å². The molecular weight excluding hydrogens is 370 g/mol. The molecule has 0 saturated carbocycles. The molecule has 3 aromatic rings. The summed E-state index contributed by atoms with van der Waals surface area (Å²) in [6.45, 7) is 4.77. The van der Waals surface area contributed by atoms with Gasteiger partial charge >= 0.3 is 0 Å². The van der Waals surface area contributed by atoms with Crippen LogP contribution in [0, 0.1) is 0 Å². The first-order valence-electron chi connectivity index (χ1n) is 9.72. The van der Waals surface area contributed by atoms with Crippen LogP contribution in [0.3, 0.4) is 0 Å². The van der Waals surface area contributed by atoms with Crippen molar-refractivity contribution < 1.29 is 14.1 Å². The Morgan fingerprint density at radius 2 is 1.90 bits per heavy atom. The highest BCUT2D eigenvalue weighted by atomic mass is 16.5. The predicted molar refractivity (Wildman–Crippen MR) is 108 cm³/mol. The maximum Gasteiger partial charge on any atom is 0.260 e. The number of anilines is 1. The van der Waals surface area contributed by atoms with Gasteiger partial charge in [-0.2, -0.15) is 4.98 Å². The van der Waals surface area contributed by atoms with Crippen molar-refractivity contribution in [2.24, 2.45) is 0 Å². The van der Waals surface area contributed by atoms with E-state index < -0.39 is 0 Å². The van der Waals surface area contributed by atoms with E-state index in [9.17, 15) is 4.79 Å². The van der Waals surface area contributed by atoms with Gasteiger partial charge in [-0.1, -0.05) is 30.3 Å². The molecule has 4 rings (SSSR count). The minimum absolute atomic E-state index is 0.000597. The minimum Gasteiger partial charge on any atom is -0.484 e. The molecule has 29 heavy (non-hydrogen) atoms. The van der Waals surface area contributed by atoms with E-state index in [-0.39, 0.29) is 12.5 Å². The van der Waals surface area contributed by atoms with Crippen LogP contribution >= 0.6 is 0 Å². The molecular formula is C21H23N5O3. The smallest absolute Gasteiger partial charge is 0.260 e. The van der Waals surface area contributed by atoms with Gasteiger partial charge in [0.05, 0.1) is 0 Å². The van der Waals surface area contributed by atoms with Crippen molar-refractivity contribution in [1.82, 2.24) is 20.0 Å². The molecule has 8 heteroatoms.